The molecule has 0 spiro atoms. The van der Waals surface area contributed by atoms with Crippen LogP contribution in [0.4, 0.5) is 5.69 Å². The topological polar surface area (TPSA) is 49.4 Å². The van der Waals surface area contributed by atoms with Crippen molar-refractivity contribution in [3.63, 3.8) is 0 Å². The molecule has 1 heterocycles. The number of piperidine rings is 1. The summed E-state index contributed by atoms with van der Waals surface area (Å²) >= 11 is 11.9. The van der Waals surface area contributed by atoms with Crippen molar-refractivity contribution in [3.8, 4) is 0 Å². The molecule has 1 aliphatic heterocycles. The van der Waals surface area contributed by atoms with E-state index in [1.165, 1.54) is 0 Å². The van der Waals surface area contributed by atoms with Crippen molar-refractivity contribution < 1.29 is 9.59 Å². The summed E-state index contributed by atoms with van der Waals surface area (Å²) in [5.74, 6) is -0.158. The molecule has 6 heteroatoms. The molecule has 2 aromatic carbocycles. The predicted octanol–water partition coefficient (Wildman–Crippen LogP) is 4.79. The highest BCUT2D eigenvalue weighted by atomic mass is 35.5. The molecule has 1 aliphatic rings. The maximum atomic E-state index is 12.6. The first-order valence-electron chi connectivity index (χ1n) is 8.56. The van der Waals surface area contributed by atoms with Crippen LogP contribution in [0.15, 0.2) is 42.5 Å². The fourth-order valence-electron chi connectivity index (χ4n) is 3.10. The number of likely N-dealkylation sites (tertiary alicyclic amines) is 1. The summed E-state index contributed by atoms with van der Waals surface area (Å²) in [4.78, 5) is 26.9. The molecular formula is C20H20Cl2N2O2. The molecule has 1 fully saturated rings. The molecule has 0 aromatic heterocycles. The van der Waals surface area contributed by atoms with Gasteiger partial charge in [-0.2, -0.15) is 0 Å². The maximum absolute atomic E-state index is 12.6. The van der Waals surface area contributed by atoms with Crippen molar-refractivity contribution in [3.05, 3.63) is 63.6 Å². The van der Waals surface area contributed by atoms with E-state index in [2.05, 4.69) is 5.32 Å². The van der Waals surface area contributed by atoms with Crippen LogP contribution in [0.2, 0.25) is 10.0 Å². The third-order valence-electron chi connectivity index (χ3n) is 4.72. The van der Waals surface area contributed by atoms with Crippen LogP contribution >= 0.6 is 23.2 Å². The van der Waals surface area contributed by atoms with Crippen molar-refractivity contribution in [2.45, 2.75) is 19.8 Å². The molecule has 1 saturated heterocycles. The highest BCUT2D eigenvalue weighted by molar-refractivity contribution is 6.42. The van der Waals surface area contributed by atoms with Crippen LogP contribution in [-0.2, 0) is 4.79 Å². The zero-order valence-electron chi connectivity index (χ0n) is 14.5. The van der Waals surface area contributed by atoms with Gasteiger partial charge in [0.2, 0.25) is 5.91 Å². The Morgan fingerprint density at radius 1 is 1.04 bits per heavy atom. The number of anilines is 1. The van der Waals surface area contributed by atoms with E-state index in [1.54, 1.807) is 23.1 Å². The Hall–Kier alpha value is -2.04. The predicted molar refractivity (Wildman–Crippen MR) is 105 cm³/mol. The summed E-state index contributed by atoms with van der Waals surface area (Å²) in [5.41, 5.74) is 2.39. The highest BCUT2D eigenvalue weighted by Crippen LogP contribution is 2.25. The number of aryl methyl sites for hydroxylation is 1. The summed E-state index contributed by atoms with van der Waals surface area (Å²) in [7, 11) is 0. The summed E-state index contributed by atoms with van der Waals surface area (Å²) in [6.45, 7) is 3.06. The van der Waals surface area contributed by atoms with Crippen molar-refractivity contribution in [1.82, 2.24) is 4.90 Å². The molecule has 0 bridgehead atoms. The van der Waals surface area contributed by atoms with E-state index in [0.717, 1.165) is 11.3 Å². The van der Waals surface area contributed by atoms with Crippen molar-refractivity contribution in [2.75, 3.05) is 18.4 Å². The first-order valence-corrected chi connectivity index (χ1v) is 9.32. The molecule has 1 N–H and O–H groups in total. The van der Waals surface area contributed by atoms with E-state index >= 15 is 0 Å². The van der Waals surface area contributed by atoms with Gasteiger partial charge in [0.05, 0.1) is 10.0 Å². The van der Waals surface area contributed by atoms with E-state index in [1.807, 2.05) is 31.2 Å². The Kier molecular flexibility index (Phi) is 5.84. The molecular weight excluding hydrogens is 371 g/mol. The Labute approximate surface area is 163 Å². The second-order valence-electron chi connectivity index (χ2n) is 6.50. The number of amides is 2. The first-order chi connectivity index (χ1) is 12.5. The van der Waals surface area contributed by atoms with Gasteiger partial charge < -0.3 is 10.2 Å². The van der Waals surface area contributed by atoms with Gasteiger partial charge in [0, 0.05) is 30.3 Å². The van der Waals surface area contributed by atoms with Gasteiger partial charge in [-0.25, -0.2) is 0 Å². The molecule has 26 heavy (non-hydrogen) atoms. The van der Waals surface area contributed by atoms with Gasteiger partial charge in [-0.15, -0.1) is 0 Å². The van der Waals surface area contributed by atoms with Crippen LogP contribution in [0.3, 0.4) is 0 Å². The van der Waals surface area contributed by atoms with Crippen LogP contribution in [0.25, 0.3) is 0 Å². The summed E-state index contributed by atoms with van der Waals surface area (Å²) in [6.07, 6.45) is 1.29. The smallest absolute Gasteiger partial charge is 0.253 e. The average molecular weight is 391 g/mol. The number of carbonyl (C=O) groups excluding carboxylic acids is 2. The summed E-state index contributed by atoms with van der Waals surface area (Å²) in [5, 5.41) is 3.79. The second-order valence-corrected chi connectivity index (χ2v) is 7.31. The fourth-order valence-corrected chi connectivity index (χ4v) is 3.40. The molecule has 2 amide bonds. The zero-order valence-corrected chi connectivity index (χ0v) is 16.0. The lowest BCUT2D eigenvalue weighted by atomic mass is 9.95. The normalized spacial score (nSPS) is 15.0. The van der Waals surface area contributed by atoms with Crippen molar-refractivity contribution in [1.29, 1.82) is 0 Å². The van der Waals surface area contributed by atoms with Gasteiger partial charge in [-0.05, 0) is 49.6 Å². The molecule has 3 rings (SSSR count). The molecule has 0 atom stereocenters. The number of nitrogens with one attached hydrogen (secondary N) is 1. The zero-order chi connectivity index (χ0) is 18.7. The molecule has 0 radical (unpaired) electrons. The quantitative estimate of drug-likeness (QED) is 0.818. The van der Waals surface area contributed by atoms with Crippen molar-refractivity contribution >= 4 is 40.7 Å². The number of hydrogen-bond acceptors (Lipinski definition) is 2. The molecule has 2 aromatic rings. The average Bonchev–Trinajstić information content (AvgIpc) is 2.65. The summed E-state index contributed by atoms with van der Waals surface area (Å²) < 4.78 is 0. The monoisotopic (exact) mass is 390 g/mol. The van der Waals surface area contributed by atoms with E-state index < -0.39 is 0 Å². The summed E-state index contributed by atoms with van der Waals surface area (Å²) in [6, 6.07) is 12.6. The lowest BCUT2D eigenvalue weighted by Gasteiger charge is -2.31. The molecule has 4 nitrogen and oxygen atoms in total. The van der Waals surface area contributed by atoms with E-state index in [9.17, 15) is 9.59 Å². The number of para-hydroxylation sites is 1. The number of hydrogen-bond donors (Lipinski definition) is 1. The largest absolute Gasteiger partial charge is 0.339 e. The van der Waals surface area contributed by atoms with Gasteiger partial charge in [0.1, 0.15) is 0 Å². The fraction of sp³-hybridized carbons (Fsp3) is 0.300. The molecule has 0 saturated carbocycles. The number of rotatable bonds is 3. The van der Waals surface area contributed by atoms with Crippen LogP contribution in [-0.4, -0.2) is 29.8 Å². The lowest BCUT2D eigenvalue weighted by Crippen LogP contribution is -2.41. The Balaban J connectivity index is 1.58. The molecule has 0 aliphatic carbocycles. The van der Waals surface area contributed by atoms with Gasteiger partial charge in [0.25, 0.3) is 5.91 Å². The van der Waals surface area contributed by atoms with Gasteiger partial charge >= 0.3 is 0 Å². The SMILES string of the molecule is Cc1ccccc1NC(=O)C1CCN(C(=O)c2ccc(Cl)c(Cl)c2)CC1. The number of benzene rings is 2. The van der Waals surface area contributed by atoms with Crippen LogP contribution in [0.5, 0.6) is 0 Å². The second kappa shape index (κ2) is 8.11. The van der Waals surface area contributed by atoms with Gasteiger partial charge in [-0.1, -0.05) is 41.4 Å². The minimum atomic E-state index is -0.0903. The van der Waals surface area contributed by atoms with Gasteiger partial charge in [-0.3, -0.25) is 9.59 Å². The Morgan fingerprint density at radius 2 is 1.73 bits per heavy atom. The third-order valence-corrected chi connectivity index (χ3v) is 5.46. The van der Waals surface area contributed by atoms with Gasteiger partial charge in [0.15, 0.2) is 0 Å². The van der Waals surface area contributed by atoms with Crippen molar-refractivity contribution in [2.24, 2.45) is 5.92 Å². The maximum Gasteiger partial charge on any atom is 0.253 e. The van der Waals surface area contributed by atoms with E-state index in [0.29, 0.717) is 41.5 Å². The van der Waals surface area contributed by atoms with E-state index in [-0.39, 0.29) is 17.7 Å². The third kappa shape index (κ3) is 4.19. The highest BCUT2D eigenvalue weighted by Gasteiger charge is 2.28. The minimum Gasteiger partial charge on any atom is -0.339 e. The van der Waals surface area contributed by atoms with E-state index in [4.69, 9.17) is 23.2 Å². The Bertz CT molecular complexity index is 830. The standard InChI is InChI=1S/C20H20Cl2N2O2/c1-13-4-2-3-5-18(13)23-19(25)14-8-10-24(11-9-14)20(26)15-6-7-16(21)17(22)12-15/h2-7,12,14H,8-11H2,1H3,(H,23,25). The lowest BCUT2D eigenvalue weighted by molar-refractivity contribution is -0.121. The Morgan fingerprint density at radius 3 is 2.38 bits per heavy atom. The van der Waals surface area contributed by atoms with Crippen LogP contribution in [0, 0.1) is 12.8 Å². The minimum absolute atomic E-state index is 0.0148. The molecule has 0 unspecified atom stereocenters. The number of nitrogens with zero attached hydrogens (tertiary/aromatic N) is 1. The number of carbonyl (C=O) groups is 2. The van der Waals surface area contributed by atoms with Crippen LogP contribution in [0.1, 0.15) is 28.8 Å². The molecule has 136 valence electrons. The first kappa shape index (κ1) is 18.7. The van der Waals surface area contributed by atoms with Crippen LogP contribution < -0.4 is 5.32 Å². The number of halogens is 2.